The molecule has 148 valence electrons. The van der Waals surface area contributed by atoms with Crippen molar-refractivity contribution in [2.45, 2.75) is 52.5 Å². The number of para-hydroxylation sites is 1. The largest absolute Gasteiger partial charge is 0.336 e. The topological polar surface area (TPSA) is 4.93 Å². The molecule has 29 heavy (non-hydrogen) atoms. The number of hydrogen-bond acceptors (Lipinski definition) is 0. The van der Waals surface area contributed by atoms with E-state index in [1.54, 1.807) is 0 Å². The van der Waals surface area contributed by atoms with E-state index in [0.717, 1.165) is 13.0 Å². The molecule has 3 aromatic carbocycles. The Morgan fingerprint density at radius 2 is 1.48 bits per heavy atom. The summed E-state index contributed by atoms with van der Waals surface area (Å²) in [5.74, 6) is 0. The van der Waals surface area contributed by atoms with Crippen LogP contribution in [0.3, 0.4) is 0 Å². The summed E-state index contributed by atoms with van der Waals surface area (Å²) in [7, 11) is 0. The number of benzene rings is 3. The predicted octanol–water partition coefficient (Wildman–Crippen LogP) is 7.63. The van der Waals surface area contributed by atoms with Gasteiger partial charge in [-0.1, -0.05) is 78.7 Å². The molecule has 0 aliphatic rings. The van der Waals surface area contributed by atoms with Crippen LogP contribution in [0.4, 0.5) is 0 Å². The third-order valence-corrected chi connectivity index (χ3v) is 5.78. The van der Waals surface area contributed by atoms with Gasteiger partial charge in [0.1, 0.15) is 0 Å². The molecule has 1 heterocycles. The van der Waals surface area contributed by atoms with Gasteiger partial charge in [-0.25, -0.2) is 0 Å². The Labute approximate surface area is 174 Å². The number of rotatable bonds is 8. The molecule has 0 amide bonds. The van der Waals surface area contributed by atoms with E-state index in [1.165, 1.54) is 69.8 Å². The maximum atomic E-state index is 4.15. The summed E-state index contributed by atoms with van der Waals surface area (Å²) in [6.07, 6.45) is 6.13. The minimum atomic E-state index is 0.879. The van der Waals surface area contributed by atoms with E-state index < -0.39 is 0 Å². The summed E-state index contributed by atoms with van der Waals surface area (Å²) >= 11 is 0. The van der Waals surface area contributed by atoms with Crippen molar-refractivity contribution in [2.75, 3.05) is 0 Å². The SMILES string of the molecule is C=C(C)Cn1c2ccccc2c2ccc(CCCCCc3cccc(C)c3)cc21. The van der Waals surface area contributed by atoms with Crippen molar-refractivity contribution in [1.82, 2.24) is 4.57 Å². The van der Waals surface area contributed by atoms with Gasteiger partial charge >= 0.3 is 0 Å². The maximum Gasteiger partial charge on any atom is 0.0497 e. The van der Waals surface area contributed by atoms with E-state index in [-0.39, 0.29) is 0 Å². The molecule has 4 aromatic rings. The van der Waals surface area contributed by atoms with Crippen molar-refractivity contribution < 1.29 is 0 Å². The third kappa shape index (κ3) is 4.45. The van der Waals surface area contributed by atoms with Crippen LogP contribution in [0.2, 0.25) is 0 Å². The minimum Gasteiger partial charge on any atom is -0.336 e. The summed E-state index contributed by atoms with van der Waals surface area (Å²) in [5, 5.41) is 2.69. The smallest absolute Gasteiger partial charge is 0.0497 e. The fourth-order valence-corrected chi connectivity index (χ4v) is 4.39. The molecule has 0 aliphatic carbocycles. The summed E-state index contributed by atoms with van der Waals surface area (Å²) in [6.45, 7) is 9.31. The molecule has 1 heteroatoms. The molecule has 0 spiro atoms. The highest BCUT2D eigenvalue weighted by Gasteiger charge is 2.10. The number of aromatic nitrogens is 1. The molecule has 0 aliphatic heterocycles. The fraction of sp³-hybridized carbons (Fsp3) is 0.286. The van der Waals surface area contributed by atoms with Crippen molar-refractivity contribution in [2.24, 2.45) is 0 Å². The lowest BCUT2D eigenvalue weighted by Crippen LogP contribution is -1.98. The van der Waals surface area contributed by atoms with Gasteiger partial charge in [0, 0.05) is 28.4 Å². The van der Waals surface area contributed by atoms with E-state index >= 15 is 0 Å². The van der Waals surface area contributed by atoms with Gasteiger partial charge in [-0.15, -0.1) is 0 Å². The van der Waals surface area contributed by atoms with Crippen molar-refractivity contribution in [3.63, 3.8) is 0 Å². The van der Waals surface area contributed by atoms with Crippen LogP contribution in [0.15, 0.2) is 78.9 Å². The van der Waals surface area contributed by atoms with Gasteiger partial charge in [-0.3, -0.25) is 0 Å². The van der Waals surface area contributed by atoms with E-state index in [0.29, 0.717) is 0 Å². The van der Waals surface area contributed by atoms with Crippen molar-refractivity contribution in [1.29, 1.82) is 0 Å². The molecule has 1 nitrogen and oxygen atoms in total. The molecule has 0 fully saturated rings. The van der Waals surface area contributed by atoms with Gasteiger partial charge in [0.15, 0.2) is 0 Å². The second-order valence-electron chi connectivity index (χ2n) is 8.46. The van der Waals surface area contributed by atoms with Crippen molar-refractivity contribution >= 4 is 21.8 Å². The Morgan fingerprint density at radius 3 is 2.24 bits per heavy atom. The normalized spacial score (nSPS) is 11.4. The van der Waals surface area contributed by atoms with Gasteiger partial charge in [-0.05, 0) is 62.8 Å². The maximum absolute atomic E-state index is 4.15. The summed E-state index contributed by atoms with van der Waals surface area (Å²) < 4.78 is 2.42. The van der Waals surface area contributed by atoms with Gasteiger partial charge in [0.05, 0.1) is 0 Å². The molecule has 0 unspecified atom stereocenters. The summed E-state index contributed by atoms with van der Waals surface area (Å²) in [6, 6.07) is 24.7. The zero-order valence-electron chi connectivity index (χ0n) is 17.7. The Hall–Kier alpha value is -2.80. The predicted molar refractivity (Wildman–Crippen MR) is 127 cm³/mol. The molecule has 0 N–H and O–H groups in total. The molecular formula is C28H31N. The number of fused-ring (bicyclic) bond motifs is 3. The first-order valence-electron chi connectivity index (χ1n) is 10.8. The molecule has 0 saturated heterocycles. The highest BCUT2D eigenvalue weighted by molar-refractivity contribution is 6.08. The van der Waals surface area contributed by atoms with Crippen LogP contribution in [0.5, 0.6) is 0 Å². The first kappa shape index (κ1) is 19.5. The van der Waals surface area contributed by atoms with Crippen LogP contribution >= 0.6 is 0 Å². The highest BCUT2D eigenvalue weighted by atomic mass is 15.0. The Bertz CT molecular complexity index is 1150. The summed E-state index contributed by atoms with van der Waals surface area (Å²) in [4.78, 5) is 0. The molecule has 1 aromatic heterocycles. The van der Waals surface area contributed by atoms with Gasteiger partial charge < -0.3 is 4.57 Å². The van der Waals surface area contributed by atoms with Crippen LogP contribution in [0.25, 0.3) is 21.8 Å². The molecule has 0 bridgehead atoms. The van der Waals surface area contributed by atoms with E-state index in [4.69, 9.17) is 0 Å². The van der Waals surface area contributed by atoms with E-state index in [2.05, 4.69) is 91.7 Å². The van der Waals surface area contributed by atoms with Crippen molar-refractivity contribution in [3.8, 4) is 0 Å². The minimum absolute atomic E-state index is 0.879. The Kier molecular flexibility index (Phi) is 5.85. The molecule has 0 radical (unpaired) electrons. The number of aryl methyl sites for hydroxylation is 3. The van der Waals surface area contributed by atoms with Crippen LogP contribution in [-0.4, -0.2) is 4.57 Å². The quantitative estimate of drug-likeness (QED) is 0.218. The molecular weight excluding hydrogens is 350 g/mol. The Morgan fingerprint density at radius 1 is 0.759 bits per heavy atom. The number of allylic oxidation sites excluding steroid dienone is 1. The average molecular weight is 382 g/mol. The molecule has 0 saturated carbocycles. The first-order chi connectivity index (χ1) is 14.1. The van der Waals surface area contributed by atoms with E-state index in [9.17, 15) is 0 Å². The lowest BCUT2D eigenvalue weighted by Gasteiger charge is -2.08. The number of nitrogens with zero attached hydrogens (tertiary/aromatic N) is 1. The number of unbranched alkanes of at least 4 members (excludes halogenated alkanes) is 2. The lowest BCUT2D eigenvalue weighted by molar-refractivity contribution is 0.678. The monoisotopic (exact) mass is 381 g/mol. The zero-order valence-corrected chi connectivity index (χ0v) is 17.7. The van der Waals surface area contributed by atoms with Crippen molar-refractivity contribution in [3.05, 3.63) is 95.6 Å². The fourth-order valence-electron chi connectivity index (χ4n) is 4.39. The summed E-state index contributed by atoms with van der Waals surface area (Å²) in [5.41, 5.74) is 8.11. The van der Waals surface area contributed by atoms with Gasteiger partial charge in [0.2, 0.25) is 0 Å². The zero-order chi connectivity index (χ0) is 20.2. The highest BCUT2D eigenvalue weighted by Crippen LogP contribution is 2.30. The second-order valence-corrected chi connectivity index (χ2v) is 8.46. The van der Waals surface area contributed by atoms with Crippen LogP contribution < -0.4 is 0 Å². The first-order valence-corrected chi connectivity index (χ1v) is 10.8. The molecule has 0 atom stereocenters. The lowest BCUT2D eigenvalue weighted by atomic mass is 10.0. The van der Waals surface area contributed by atoms with Gasteiger partial charge in [-0.2, -0.15) is 0 Å². The van der Waals surface area contributed by atoms with Crippen LogP contribution in [0.1, 0.15) is 42.9 Å². The standard InChI is InChI=1S/C28H31N/c1-21(2)20-29-27-15-8-7-14-25(27)26-17-16-24(19-28(26)29)12-6-4-5-11-23-13-9-10-22(3)18-23/h7-10,13-19H,1,4-6,11-12,20H2,2-3H3. The molecule has 4 rings (SSSR count). The Balaban J connectivity index is 1.45. The second kappa shape index (κ2) is 8.69. The third-order valence-electron chi connectivity index (χ3n) is 5.78. The number of hydrogen-bond donors (Lipinski definition) is 0. The van der Waals surface area contributed by atoms with Gasteiger partial charge in [0.25, 0.3) is 0 Å². The van der Waals surface area contributed by atoms with Crippen LogP contribution in [0, 0.1) is 6.92 Å². The average Bonchev–Trinajstić information content (AvgIpc) is 3.01. The van der Waals surface area contributed by atoms with E-state index in [1.807, 2.05) is 0 Å². The van der Waals surface area contributed by atoms with Crippen LogP contribution in [-0.2, 0) is 19.4 Å².